The second kappa shape index (κ2) is 5.42. The van der Waals surface area contributed by atoms with Crippen molar-refractivity contribution in [2.24, 2.45) is 0 Å². The van der Waals surface area contributed by atoms with Crippen LogP contribution in [0.4, 0.5) is 6.01 Å². The maximum Gasteiger partial charge on any atom is 0.318 e. The van der Waals surface area contributed by atoms with E-state index in [4.69, 9.17) is 16.0 Å². The topological polar surface area (TPSA) is 65.6 Å². The van der Waals surface area contributed by atoms with Gasteiger partial charge in [0.05, 0.1) is 5.60 Å². The Morgan fingerprint density at radius 3 is 2.44 bits per heavy atom. The highest BCUT2D eigenvalue weighted by Crippen LogP contribution is 2.16. The lowest BCUT2D eigenvalue weighted by molar-refractivity contribution is 0.0342. The van der Waals surface area contributed by atoms with Gasteiger partial charge in [-0.2, -0.15) is 0 Å². The maximum absolute atomic E-state index is 9.78. The first-order valence-electron chi connectivity index (χ1n) is 6.06. The quantitative estimate of drug-likeness (QED) is 0.816. The van der Waals surface area contributed by atoms with E-state index in [1.807, 2.05) is 18.7 Å². The standard InChI is InChI=1S/C11H19ClN4O2/c1-11(2,17)8-15-3-5-16(6-4-15)10-14-13-9(7-12)18-10/h17H,3-8H2,1-2H3. The van der Waals surface area contributed by atoms with Gasteiger partial charge in [0.25, 0.3) is 0 Å². The van der Waals surface area contributed by atoms with Gasteiger partial charge in [-0.25, -0.2) is 0 Å². The SMILES string of the molecule is CC(C)(O)CN1CCN(c2nnc(CCl)o2)CC1. The van der Waals surface area contributed by atoms with Gasteiger partial charge >= 0.3 is 6.01 Å². The van der Waals surface area contributed by atoms with Crippen molar-refractivity contribution in [3.8, 4) is 0 Å². The number of hydrogen-bond acceptors (Lipinski definition) is 6. The zero-order valence-electron chi connectivity index (χ0n) is 10.8. The van der Waals surface area contributed by atoms with Crippen LogP contribution < -0.4 is 4.90 Å². The normalized spacial score (nSPS) is 18.3. The molecular formula is C11H19ClN4O2. The summed E-state index contributed by atoms with van der Waals surface area (Å²) < 4.78 is 5.41. The van der Waals surface area contributed by atoms with Gasteiger partial charge in [0.2, 0.25) is 5.89 Å². The fraction of sp³-hybridized carbons (Fsp3) is 0.818. The maximum atomic E-state index is 9.78. The first-order chi connectivity index (χ1) is 8.48. The molecule has 0 amide bonds. The molecule has 2 heterocycles. The van der Waals surface area contributed by atoms with Crippen LogP contribution in [0, 0.1) is 0 Å². The van der Waals surface area contributed by atoms with Crippen LogP contribution in [-0.4, -0.2) is 58.5 Å². The number of anilines is 1. The van der Waals surface area contributed by atoms with Gasteiger partial charge in [-0.15, -0.1) is 16.7 Å². The van der Waals surface area contributed by atoms with Gasteiger partial charge in [-0.3, -0.25) is 4.90 Å². The van der Waals surface area contributed by atoms with Crippen LogP contribution in [0.25, 0.3) is 0 Å². The molecule has 1 saturated heterocycles. The van der Waals surface area contributed by atoms with Crippen LogP contribution in [0.3, 0.4) is 0 Å². The molecule has 102 valence electrons. The van der Waals surface area contributed by atoms with Crippen LogP contribution in [0.2, 0.25) is 0 Å². The minimum atomic E-state index is -0.654. The Balaban J connectivity index is 1.86. The summed E-state index contributed by atoms with van der Waals surface area (Å²) in [5, 5.41) is 17.6. The molecule has 1 aliphatic rings. The lowest BCUT2D eigenvalue weighted by atomic mass is 10.1. The third kappa shape index (κ3) is 3.57. The molecule has 0 aliphatic carbocycles. The molecule has 0 radical (unpaired) electrons. The van der Waals surface area contributed by atoms with E-state index < -0.39 is 5.60 Å². The summed E-state index contributed by atoms with van der Waals surface area (Å²) in [7, 11) is 0. The van der Waals surface area contributed by atoms with Crippen LogP contribution in [0.5, 0.6) is 0 Å². The van der Waals surface area contributed by atoms with Crippen LogP contribution in [-0.2, 0) is 5.88 Å². The zero-order valence-corrected chi connectivity index (χ0v) is 11.5. The Morgan fingerprint density at radius 1 is 1.28 bits per heavy atom. The van der Waals surface area contributed by atoms with E-state index in [9.17, 15) is 5.11 Å². The van der Waals surface area contributed by atoms with E-state index in [0.717, 1.165) is 26.2 Å². The lowest BCUT2D eigenvalue weighted by Crippen LogP contribution is -2.50. The molecule has 1 fully saturated rings. The van der Waals surface area contributed by atoms with Gasteiger partial charge in [0.1, 0.15) is 5.88 Å². The minimum Gasteiger partial charge on any atom is -0.407 e. The van der Waals surface area contributed by atoms with Crippen molar-refractivity contribution >= 4 is 17.6 Å². The number of halogens is 1. The summed E-state index contributed by atoms with van der Waals surface area (Å²) in [6, 6.07) is 0.536. The van der Waals surface area contributed by atoms with Gasteiger partial charge in [0.15, 0.2) is 0 Å². The Bertz CT molecular complexity index is 383. The highest BCUT2D eigenvalue weighted by atomic mass is 35.5. The van der Waals surface area contributed by atoms with Crippen LogP contribution in [0.1, 0.15) is 19.7 Å². The van der Waals surface area contributed by atoms with E-state index in [1.165, 1.54) is 0 Å². The first kappa shape index (κ1) is 13.6. The van der Waals surface area contributed by atoms with E-state index in [1.54, 1.807) is 0 Å². The van der Waals surface area contributed by atoms with Gasteiger partial charge < -0.3 is 14.4 Å². The van der Waals surface area contributed by atoms with Crippen molar-refractivity contribution in [1.29, 1.82) is 0 Å². The van der Waals surface area contributed by atoms with Crippen molar-refractivity contribution in [2.75, 3.05) is 37.6 Å². The zero-order chi connectivity index (χ0) is 13.2. The predicted molar refractivity (Wildman–Crippen MR) is 68.8 cm³/mol. The summed E-state index contributed by atoms with van der Waals surface area (Å²) in [6.45, 7) is 7.72. The average Bonchev–Trinajstić information content (AvgIpc) is 2.76. The van der Waals surface area contributed by atoms with Crippen molar-refractivity contribution in [1.82, 2.24) is 15.1 Å². The highest BCUT2D eigenvalue weighted by molar-refractivity contribution is 6.16. The Kier molecular flexibility index (Phi) is 4.09. The Labute approximate surface area is 112 Å². The molecular weight excluding hydrogens is 256 g/mol. The highest BCUT2D eigenvalue weighted by Gasteiger charge is 2.24. The third-order valence-electron chi connectivity index (χ3n) is 2.82. The largest absolute Gasteiger partial charge is 0.407 e. The fourth-order valence-electron chi connectivity index (χ4n) is 2.07. The first-order valence-corrected chi connectivity index (χ1v) is 6.59. The Morgan fingerprint density at radius 2 is 1.94 bits per heavy atom. The molecule has 1 N–H and O–H groups in total. The molecule has 7 heteroatoms. The molecule has 1 aromatic rings. The summed E-state index contributed by atoms with van der Waals surface area (Å²) in [6.07, 6.45) is 0. The van der Waals surface area contributed by atoms with Crippen molar-refractivity contribution in [2.45, 2.75) is 25.3 Å². The molecule has 0 bridgehead atoms. The smallest absolute Gasteiger partial charge is 0.318 e. The molecule has 0 unspecified atom stereocenters. The molecule has 2 rings (SSSR count). The lowest BCUT2D eigenvalue weighted by Gasteiger charge is -2.36. The number of β-amino-alcohol motifs (C(OH)–C–C–N with tert-alkyl or cyclic N) is 1. The Hall–Kier alpha value is -0.850. The number of piperazine rings is 1. The number of nitrogens with zero attached hydrogens (tertiary/aromatic N) is 4. The van der Waals surface area contributed by atoms with E-state index >= 15 is 0 Å². The van der Waals surface area contributed by atoms with Crippen LogP contribution in [0.15, 0.2) is 4.42 Å². The van der Waals surface area contributed by atoms with Gasteiger partial charge in [-0.1, -0.05) is 5.10 Å². The summed E-state index contributed by atoms with van der Waals surface area (Å²) in [5.41, 5.74) is -0.654. The predicted octanol–water partition coefficient (Wildman–Crippen LogP) is 0.701. The molecule has 6 nitrogen and oxygen atoms in total. The second-order valence-corrected chi connectivity index (χ2v) is 5.45. The monoisotopic (exact) mass is 274 g/mol. The summed E-state index contributed by atoms with van der Waals surface area (Å²) in [4.78, 5) is 4.28. The number of hydrogen-bond donors (Lipinski definition) is 1. The molecule has 1 aliphatic heterocycles. The van der Waals surface area contributed by atoms with E-state index in [0.29, 0.717) is 18.5 Å². The van der Waals surface area contributed by atoms with Gasteiger partial charge in [0, 0.05) is 32.7 Å². The van der Waals surface area contributed by atoms with Crippen molar-refractivity contribution in [3.05, 3.63) is 5.89 Å². The van der Waals surface area contributed by atoms with Crippen molar-refractivity contribution < 1.29 is 9.52 Å². The second-order valence-electron chi connectivity index (χ2n) is 5.19. The average molecular weight is 275 g/mol. The number of aromatic nitrogens is 2. The fourth-order valence-corrected chi connectivity index (χ4v) is 2.18. The summed E-state index contributed by atoms with van der Waals surface area (Å²) >= 11 is 5.62. The molecule has 0 aromatic carbocycles. The van der Waals surface area contributed by atoms with E-state index in [2.05, 4.69) is 15.1 Å². The summed E-state index contributed by atoms with van der Waals surface area (Å²) in [5.74, 6) is 0.691. The van der Waals surface area contributed by atoms with E-state index in [-0.39, 0.29) is 5.88 Å². The third-order valence-corrected chi connectivity index (χ3v) is 3.05. The number of rotatable bonds is 4. The molecule has 0 spiro atoms. The minimum absolute atomic E-state index is 0.242. The molecule has 1 aromatic heterocycles. The van der Waals surface area contributed by atoms with Gasteiger partial charge in [-0.05, 0) is 13.8 Å². The van der Waals surface area contributed by atoms with Crippen LogP contribution >= 0.6 is 11.6 Å². The molecule has 0 atom stereocenters. The molecule has 0 saturated carbocycles. The number of alkyl halides is 1. The van der Waals surface area contributed by atoms with Crippen molar-refractivity contribution in [3.63, 3.8) is 0 Å². The number of aliphatic hydroxyl groups is 1. The molecule has 18 heavy (non-hydrogen) atoms.